The zero-order chi connectivity index (χ0) is 47.9. The van der Waals surface area contributed by atoms with Crippen LogP contribution in [-0.4, -0.2) is 79.3 Å². The molecular formula is C49H40Br2Cl2N10O4S. The molecule has 7 heterocycles. The summed E-state index contributed by atoms with van der Waals surface area (Å²) in [6.45, 7) is 4.90. The van der Waals surface area contributed by atoms with Crippen LogP contribution in [0.25, 0.3) is 32.1 Å². The average Bonchev–Trinajstić information content (AvgIpc) is 4.16. The molecule has 344 valence electrons. The number of carbonyl (C=O) groups excluding carboxylic acids is 1. The summed E-state index contributed by atoms with van der Waals surface area (Å²) in [5.74, 6) is 0.450. The topological polar surface area (TPSA) is 176 Å². The lowest BCUT2D eigenvalue weighted by Crippen LogP contribution is -2.18. The van der Waals surface area contributed by atoms with E-state index >= 15 is 0 Å². The van der Waals surface area contributed by atoms with Crippen molar-refractivity contribution in [1.29, 1.82) is 0 Å². The van der Waals surface area contributed by atoms with Crippen LogP contribution in [-0.2, 0) is 19.6 Å². The Morgan fingerprint density at radius 3 is 2.13 bits per heavy atom. The minimum absolute atomic E-state index is 0.0342. The van der Waals surface area contributed by atoms with E-state index < -0.39 is 5.97 Å². The first-order valence-corrected chi connectivity index (χ1v) is 24.0. The van der Waals surface area contributed by atoms with E-state index in [1.165, 1.54) is 28.5 Å². The Morgan fingerprint density at radius 1 is 0.794 bits per heavy atom. The molecule has 0 saturated carbocycles. The van der Waals surface area contributed by atoms with E-state index in [9.17, 15) is 9.59 Å². The molecule has 0 spiro atoms. The van der Waals surface area contributed by atoms with E-state index in [1.54, 1.807) is 31.3 Å². The van der Waals surface area contributed by atoms with Crippen LogP contribution in [0, 0.1) is 0 Å². The van der Waals surface area contributed by atoms with Crippen molar-refractivity contribution < 1.29 is 19.1 Å². The van der Waals surface area contributed by atoms with Crippen molar-refractivity contribution >= 4 is 146 Å². The van der Waals surface area contributed by atoms with Crippen LogP contribution in [0.5, 0.6) is 0 Å². The van der Waals surface area contributed by atoms with Crippen molar-refractivity contribution in [2.24, 2.45) is 9.98 Å². The van der Waals surface area contributed by atoms with Gasteiger partial charge in [0.05, 0.1) is 23.4 Å². The molecule has 68 heavy (non-hydrogen) atoms. The summed E-state index contributed by atoms with van der Waals surface area (Å²) in [7, 11) is 4.11. The lowest BCUT2D eigenvalue weighted by atomic mass is 10.1. The standard InChI is InChI=1S/C18H19ClN6.C12H9ClN4.C10H7BrOS.C9H5BrO3/c1-24(2)7-8-25-6-5-15-16(22-18(19)23-17(15)25)21-14-4-3-12-10-20-11-13(12)9-14;13-12-15-4-3-11(17-12)16-10-2-1-8-6-14-7-9(8)5-10;1-6(12)9-4-7-2-3-8(11)5-10(7)13-9;10-6-2-1-5-3-8(9(11)12)13-7(5)4-6/h3-6,9,11H,7-8,10H2,1-2H3,(H,21,22,23);1-5,7H,6H2,(H,15,16,17);2-5H,1H3;1-4H,(H,11,12). The maximum absolute atomic E-state index is 11.1. The Bertz CT molecular complexity index is 3300. The zero-order valence-corrected chi connectivity index (χ0v) is 42.0. The van der Waals surface area contributed by atoms with Gasteiger partial charge in [0.25, 0.3) is 0 Å². The van der Waals surface area contributed by atoms with Gasteiger partial charge in [0.1, 0.15) is 22.9 Å². The number of nitrogens with one attached hydrogen (secondary N) is 2. The number of carbonyl (C=O) groups is 2. The van der Waals surface area contributed by atoms with Gasteiger partial charge < -0.3 is 29.6 Å². The summed E-state index contributed by atoms with van der Waals surface area (Å²) in [5, 5.41) is 18.6. The van der Waals surface area contributed by atoms with Crippen LogP contribution in [0.3, 0.4) is 0 Å². The highest BCUT2D eigenvalue weighted by Crippen LogP contribution is 2.30. The van der Waals surface area contributed by atoms with E-state index in [2.05, 4.69) is 114 Å². The van der Waals surface area contributed by atoms with Crippen molar-refractivity contribution in [3.05, 3.63) is 162 Å². The smallest absolute Gasteiger partial charge is 0.371 e. The van der Waals surface area contributed by atoms with Crippen LogP contribution in [0.15, 0.2) is 133 Å². The minimum Gasteiger partial charge on any atom is -0.475 e. The van der Waals surface area contributed by atoms with Crippen molar-refractivity contribution in [3.63, 3.8) is 0 Å². The van der Waals surface area contributed by atoms with Gasteiger partial charge in [0.15, 0.2) is 5.78 Å². The Morgan fingerprint density at radius 2 is 1.47 bits per heavy atom. The maximum atomic E-state index is 11.1. The normalized spacial score (nSPS) is 11.9. The molecule has 4 aromatic carbocycles. The number of Topliss-reactive ketones (excluding diaryl/α,β-unsaturated/α-hetero) is 1. The van der Waals surface area contributed by atoms with Gasteiger partial charge in [-0.25, -0.2) is 14.8 Å². The summed E-state index contributed by atoms with van der Waals surface area (Å²) < 4.78 is 10.3. The molecule has 5 aromatic heterocycles. The molecule has 0 atom stereocenters. The number of benzene rings is 4. The number of halogens is 4. The second-order valence-corrected chi connectivity index (χ2v) is 19.2. The third-order valence-electron chi connectivity index (χ3n) is 10.3. The molecule has 0 fully saturated rings. The number of hydrogen-bond acceptors (Lipinski definition) is 13. The van der Waals surface area contributed by atoms with Crippen molar-refractivity contribution in [2.75, 3.05) is 31.3 Å². The maximum Gasteiger partial charge on any atom is 0.371 e. The van der Waals surface area contributed by atoms with Crippen LogP contribution < -0.4 is 10.6 Å². The van der Waals surface area contributed by atoms with Gasteiger partial charge in [0, 0.05) is 68.3 Å². The fourth-order valence-electron chi connectivity index (χ4n) is 6.96. The van der Waals surface area contributed by atoms with Gasteiger partial charge in [-0.2, -0.15) is 9.97 Å². The SMILES string of the molecule is CC(=O)c1cc2ccc(Br)cc2s1.CN(C)CCn1ccc2c(Nc3ccc4c(c3)C=NC4)nc(Cl)nc21.Clc1nccc(Nc2ccc3c(c2)C=NC3)n1.O=C(O)c1cc2ccc(Br)cc2o1. The van der Waals surface area contributed by atoms with Crippen molar-refractivity contribution in [1.82, 2.24) is 29.4 Å². The average molecular weight is 1100 g/mol. The van der Waals surface area contributed by atoms with E-state index in [0.717, 1.165) is 89.0 Å². The molecule has 0 bridgehead atoms. The van der Waals surface area contributed by atoms with Gasteiger partial charge in [-0.15, -0.1) is 11.3 Å². The summed E-state index contributed by atoms with van der Waals surface area (Å²) in [5.41, 5.74) is 8.12. The summed E-state index contributed by atoms with van der Waals surface area (Å²) in [6.07, 6.45) is 7.43. The molecule has 0 saturated heterocycles. The highest BCUT2D eigenvalue weighted by Gasteiger charge is 2.14. The first-order chi connectivity index (χ1) is 32.7. The first-order valence-electron chi connectivity index (χ1n) is 20.8. The number of thiophene rings is 1. The Hall–Kier alpha value is -6.34. The van der Waals surface area contributed by atoms with Gasteiger partial charge in [-0.1, -0.05) is 50.1 Å². The van der Waals surface area contributed by atoms with Crippen LogP contribution >= 0.6 is 66.4 Å². The summed E-state index contributed by atoms with van der Waals surface area (Å²) >= 11 is 20.1. The number of ketones is 1. The Kier molecular flexibility index (Phi) is 15.4. The number of hydrogen-bond donors (Lipinski definition) is 3. The lowest BCUT2D eigenvalue weighted by Gasteiger charge is -2.12. The van der Waals surface area contributed by atoms with E-state index in [0.29, 0.717) is 17.2 Å². The third kappa shape index (κ3) is 12.2. The molecule has 3 N–H and O–H groups in total. The number of carboxylic acids is 1. The largest absolute Gasteiger partial charge is 0.475 e. The van der Waals surface area contributed by atoms with E-state index in [-0.39, 0.29) is 22.1 Å². The number of anilines is 4. The third-order valence-corrected chi connectivity index (χ3v) is 12.9. The van der Waals surface area contributed by atoms with Gasteiger partial charge in [-0.3, -0.25) is 14.8 Å². The molecule has 11 rings (SSSR count). The quantitative estimate of drug-likeness (QED) is 0.0926. The van der Waals surface area contributed by atoms with Gasteiger partial charge >= 0.3 is 5.97 Å². The number of aliphatic imine (C=N–C) groups is 2. The van der Waals surface area contributed by atoms with Gasteiger partial charge in [-0.05, 0) is 151 Å². The lowest BCUT2D eigenvalue weighted by molar-refractivity contribution is 0.0664. The predicted octanol–water partition coefficient (Wildman–Crippen LogP) is 12.9. The molecule has 0 unspecified atom stereocenters. The fourth-order valence-corrected chi connectivity index (χ4v) is 9.12. The highest BCUT2D eigenvalue weighted by atomic mass is 79.9. The molecule has 2 aliphatic rings. The second kappa shape index (κ2) is 21.7. The summed E-state index contributed by atoms with van der Waals surface area (Å²) in [6, 6.07) is 31.0. The predicted molar refractivity (Wildman–Crippen MR) is 281 cm³/mol. The monoisotopic (exact) mass is 1090 g/mol. The fraction of sp³-hybridized carbons (Fsp3) is 0.143. The number of carboxylic acid groups (broad SMARTS) is 1. The highest BCUT2D eigenvalue weighted by molar-refractivity contribution is 9.10. The first kappa shape index (κ1) is 48.1. The van der Waals surface area contributed by atoms with E-state index in [4.69, 9.17) is 32.7 Å². The number of aromatic nitrogens is 5. The van der Waals surface area contributed by atoms with Crippen molar-refractivity contribution in [2.45, 2.75) is 26.6 Å². The Labute approximate surface area is 421 Å². The van der Waals surface area contributed by atoms with E-state index in [1.807, 2.05) is 73.2 Å². The van der Waals surface area contributed by atoms with Crippen LogP contribution in [0.4, 0.5) is 23.0 Å². The van der Waals surface area contributed by atoms with Gasteiger partial charge in [0.2, 0.25) is 16.3 Å². The zero-order valence-electron chi connectivity index (χ0n) is 36.5. The molecule has 14 nitrogen and oxygen atoms in total. The molecule has 9 aromatic rings. The number of likely N-dealkylation sites (N-methyl/N-ethyl adjacent to an activating group) is 1. The molecule has 0 aliphatic carbocycles. The number of nitrogens with zero attached hydrogens (tertiary/aromatic N) is 8. The molecule has 2 aliphatic heterocycles. The van der Waals surface area contributed by atoms with Crippen molar-refractivity contribution in [3.8, 4) is 0 Å². The molecular weight excluding hydrogens is 1060 g/mol. The molecule has 19 heteroatoms. The minimum atomic E-state index is -1.05. The number of fused-ring (bicyclic) bond motifs is 5. The van der Waals surface area contributed by atoms with Crippen LogP contribution in [0.1, 0.15) is 49.4 Å². The number of aromatic carboxylic acids is 1. The molecule has 0 amide bonds. The number of rotatable bonds is 9. The number of furan rings is 1. The Balaban J connectivity index is 0.000000128. The second-order valence-electron chi connectivity index (χ2n) is 15.6. The van der Waals surface area contributed by atoms with Crippen LogP contribution in [0.2, 0.25) is 10.6 Å². The molecule has 0 radical (unpaired) electrons. The summed E-state index contributed by atoms with van der Waals surface area (Å²) in [4.78, 5) is 49.8.